The summed E-state index contributed by atoms with van der Waals surface area (Å²) < 4.78 is 5.41. The minimum atomic E-state index is -0.158. The van der Waals surface area contributed by atoms with Gasteiger partial charge in [0.15, 0.2) is 0 Å². The maximum Gasteiger partial charge on any atom is 0.305 e. The largest absolute Gasteiger partial charge is 0.466 e. The van der Waals surface area contributed by atoms with Gasteiger partial charge in [0.05, 0.1) is 12.7 Å². The summed E-state index contributed by atoms with van der Waals surface area (Å²) in [6.07, 6.45) is 41.1. The summed E-state index contributed by atoms with van der Waals surface area (Å²) in [6, 6.07) is 0. The van der Waals surface area contributed by atoms with E-state index in [2.05, 4.69) is 38.2 Å². The molecule has 3 nitrogen and oxygen atoms in total. The van der Waals surface area contributed by atoms with Gasteiger partial charge in [-0.1, -0.05) is 141 Å². The minimum absolute atomic E-state index is 0.00880. The number of hydrogen-bond donors (Lipinski definition) is 1. The fourth-order valence-corrected chi connectivity index (χ4v) is 4.97. The predicted octanol–water partition coefficient (Wildman–Crippen LogP) is 11.6. The van der Waals surface area contributed by atoms with Gasteiger partial charge in [-0.3, -0.25) is 4.79 Å². The van der Waals surface area contributed by atoms with E-state index in [9.17, 15) is 9.90 Å². The summed E-state index contributed by atoms with van der Waals surface area (Å²) in [4.78, 5) is 11.9. The summed E-state index contributed by atoms with van der Waals surface area (Å²) >= 11 is 0. The van der Waals surface area contributed by atoms with Crippen LogP contribution in [0.25, 0.3) is 0 Å². The maximum absolute atomic E-state index is 11.9. The molecule has 0 aliphatic heterocycles. The van der Waals surface area contributed by atoms with Crippen LogP contribution >= 0.6 is 0 Å². The van der Waals surface area contributed by atoms with E-state index in [0.717, 1.165) is 51.4 Å². The minimum Gasteiger partial charge on any atom is -0.466 e. The average molecular weight is 549 g/mol. The number of aliphatic hydroxyl groups is 1. The second-order valence-electron chi connectivity index (χ2n) is 11.7. The third-order valence-corrected chi connectivity index (χ3v) is 7.64. The topological polar surface area (TPSA) is 46.5 Å². The van der Waals surface area contributed by atoms with Crippen LogP contribution in [0.2, 0.25) is 0 Å². The van der Waals surface area contributed by atoms with Gasteiger partial charge in [0.1, 0.15) is 0 Å². The Morgan fingerprint density at radius 1 is 0.564 bits per heavy atom. The Morgan fingerprint density at radius 3 is 1.56 bits per heavy atom. The van der Waals surface area contributed by atoms with E-state index in [0.29, 0.717) is 13.0 Å². The van der Waals surface area contributed by atoms with E-state index >= 15 is 0 Å². The highest BCUT2D eigenvalue weighted by atomic mass is 16.5. The van der Waals surface area contributed by atoms with Crippen molar-refractivity contribution < 1.29 is 14.6 Å². The van der Waals surface area contributed by atoms with Crippen LogP contribution in [0.3, 0.4) is 0 Å². The van der Waals surface area contributed by atoms with Crippen molar-refractivity contribution in [2.45, 2.75) is 193 Å². The molecule has 0 saturated carbocycles. The Morgan fingerprint density at radius 2 is 1.00 bits per heavy atom. The third kappa shape index (κ3) is 33.0. The van der Waals surface area contributed by atoms with Crippen LogP contribution in [0, 0.1) is 0 Å². The van der Waals surface area contributed by atoms with Crippen molar-refractivity contribution in [1.29, 1.82) is 0 Å². The number of ether oxygens (including phenoxy) is 1. The number of allylic oxidation sites excluding steroid dienone is 3. The first-order chi connectivity index (χ1) is 19.2. The monoisotopic (exact) mass is 549 g/mol. The van der Waals surface area contributed by atoms with Gasteiger partial charge >= 0.3 is 5.97 Å². The Labute approximate surface area is 244 Å². The fraction of sp³-hybridized carbons (Fsp3) is 0.861. The molecule has 39 heavy (non-hydrogen) atoms. The number of aliphatic hydroxyl groups excluding tert-OH is 1. The van der Waals surface area contributed by atoms with E-state index in [1.165, 1.54) is 116 Å². The van der Waals surface area contributed by atoms with Gasteiger partial charge in [-0.25, -0.2) is 0 Å². The number of unbranched alkanes of at least 4 members (excludes halogenated alkanes) is 20. The molecule has 0 spiro atoms. The lowest BCUT2D eigenvalue weighted by molar-refractivity contribution is -0.143. The number of rotatable bonds is 31. The summed E-state index contributed by atoms with van der Waals surface area (Å²) in [5.41, 5.74) is 0. The van der Waals surface area contributed by atoms with Gasteiger partial charge in [0.2, 0.25) is 0 Å². The molecule has 0 aliphatic rings. The van der Waals surface area contributed by atoms with Crippen molar-refractivity contribution in [2.24, 2.45) is 0 Å². The highest BCUT2D eigenvalue weighted by Crippen LogP contribution is 2.12. The zero-order valence-corrected chi connectivity index (χ0v) is 26.4. The fourth-order valence-electron chi connectivity index (χ4n) is 4.97. The van der Waals surface area contributed by atoms with Gasteiger partial charge in [-0.15, -0.1) is 0 Å². The second-order valence-corrected chi connectivity index (χ2v) is 11.7. The number of hydrogen-bond acceptors (Lipinski definition) is 3. The molecule has 0 aromatic heterocycles. The molecule has 0 aromatic rings. The van der Waals surface area contributed by atoms with Crippen molar-refractivity contribution >= 4 is 5.97 Å². The second kappa shape index (κ2) is 33.1. The van der Waals surface area contributed by atoms with E-state index in [-0.39, 0.29) is 12.1 Å². The normalized spacial score (nSPS) is 12.6. The van der Waals surface area contributed by atoms with Crippen LogP contribution in [-0.2, 0) is 9.53 Å². The number of carbonyl (C=O) groups is 1. The quantitative estimate of drug-likeness (QED) is 0.0532. The molecule has 0 saturated heterocycles. The highest BCUT2D eigenvalue weighted by molar-refractivity contribution is 5.69. The predicted molar refractivity (Wildman–Crippen MR) is 171 cm³/mol. The molecule has 1 atom stereocenters. The van der Waals surface area contributed by atoms with Crippen molar-refractivity contribution in [3.05, 3.63) is 24.3 Å². The molecule has 0 unspecified atom stereocenters. The smallest absolute Gasteiger partial charge is 0.305 e. The lowest BCUT2D eigenvalue weighted by atomic mass is 10.1. The molecule has 1 N–H and O–H groups in total. The van der Waals surface area contributed by atoms with Crippen LogP contribution in [-0.4, -0.2) is 23.8 Å². The standard InChI is InChI=1S/C36H68O3/c1-3-5-7-9-10-11-12-13-14-15-16-19-22-25-29-33-36(38)39-34-30-26-23-20-17-18-21-24-28-32-35(37)31-27-8-6-4-2/h13-14,24,28,35,37H,3-12,15-23,25-27,29-34H2,1-2H3/b14-13-,28-24-/t35-/m1/s1. The van der Waals surface area contributed by atoms with E-state index < -0.39 is 0 Å². The van der Waals surface area contributed by atoms with Crippen molar-refractivity contribution in [2.75, 3.05) is 6.61 Å². The molecule has 0 fully saturated rings. The van der Waals surface area contributed by atoms with E-state index in [1.807, 2.05) is 0 Å². The van der Waals surface area contributed by atoms with Crippen LogP contribution in [0.1, 0.15) is 187 Å². The van der Waals surface area contributed by atoms with Crippen molar-refractivity contribution in [3.8, 4) is 0 Å². The first kappa shape index (κ1) is 37.9. The Balaban J connectivity index is 3.29. The van der Waals surface area contributed by atoms with Crippen molar-refractivity contribution in [3.63, 3.8) is 0 Å². The molecule has 0 aliphatic carbocycles. The number of esters is 1. The summed E-state index contributed by atoms with van der Waals surface area (Å²) in [7, 11) is 0. The first-order valence-electron chi connectivity index (χ1n) is 17.3. The van der Waals surface area contributed by atoms with Crippen LogP contribution < -0.4 is 0 Å². The zero-order chi connectivity index (χ0) is 28.5. The van der Waals surface area contributed by atoms with Gasteiger partial charge in [-0.2, -0.15) is 0 Å². The molecule has 0 bridgehead atoms. The Kier molecular flexibility index (Phi) is 32.2. The van der Waals surface area contributed by atoms with Crippen molar-refractivity contribution in [1.82, 2.24) is 0 Å². The molecule has 0 rings (SSSR count). The molecule has 0 heterocycles. The Bertz CT molecular complexity index is 539. The van der Waals surface area contributed by atoms with Gasteiger partial charge in [0.25, 0.3) is 0 Å². The van der Waals surface area contributed by atoms with E-state index in [4.69, 9.17) is 4.74 Å². The molecule has 0 amide bonds. The van der Waals surface area contributed by atoms with Gasteiger partial charge in [0, 0.05) is 6.42 Å². The molecular formula is C36H68O3. The molecule has 3 heteroatoms. The van der Waals surface area contributed by atoms with Crippen LogP contribution in [0.5, 0.6) is 0 Å². The summed E-state index contributed by atoms with van der Waals surface area (Å²) in [5, 5.41) is 9.98. The van der Waals surface area contributed by atoms with Crippen LogP contribution in [0.4, 0.5) is 0 Å². The number of carbonyl (C=O) groups excluding carboxylic acids is 1. The SMILES string of the molecule is CCCCCCCC/C=C\CCCCCCCC(=O)OCCCCCCCC/C=C\C[C@H](O)CCCCCC. The zero-order valence-electron chi connectivity index (χ0n) is 26.4. The average Bonchev–Trinajstić information content (AvgIpc) is 2.93. The van der Waals surface area contributed by atoms with Gasteiger partial charge < -0.3 is 9.84 Å². The lowest BCUT2D eigenvalue weighted by Gasteiger charge is -2.07. The third-order valence-electron chi connectivity index (χ3n) is 7.64. The Hall–Kier alpha value is -1.09. The maximum atomic E-state index is 11.9. The van der Waals surface area contributed by atoms with Crippen LogP contribution in [0.15, 0.2) is 24.3 Å². The molecular weight excluding hydrogens is 480 g/mol. The lowest BCUT2D eigenvalue weighted by Crippen LogP contribution is -2.05. The molecule has 0 aromatic carbocycles. The highest BCUT2D eigenvalue weighted by Gasteiger charge is 2.03. The van der Waals surface area contributed by atoms with E-state index in [1.54, 1.807) is 0 Å². The molecule has 0 radical (unpaired) electrons. The molecule has 230 valence electrons. The first-order valence-corrected chi connectivity index (χ1v) is 17.3. The van der Waals surface area contributed by atoms with Gasteiger partial charge in [-0.05, 0) is 64.2 Å². The summed E-state index contributed by atoms with van der Waals surface area (Å²) in [6.45, 7) is 5.08. The summed E-state index contributed by atoms with van der Waals surface area (Å²) in [5.74, 6) is -0.00880.